The number of aromatic hydroxyl groups is 1. The highest BCUT2D eigenvalue weighted by Crippen LogP contribution is 2.37. The topological polar surface area (TPSA) is 56.3 Å². The fourth-order valence-electron chi connectivity index (χ4n) is 3.47. The second-order valence-corrected chi connectivity index (χ2v) is 6.18. The number of nitrogens with one attached hydrogen (secondary N) is 1. The highest BCUT2D eigenvalue weighted by Gasteiger charge is 2.22. The number of benzene rings is 2. The molecule has 4 nitrogen and oxygen atoms in total. The summed E-state index contributed by atoms with van der Waals surface area (Å²) in [6, 6.07) is 13.5. The maximum atomic E-state index is 11.8. The lowest BCUT2D eigenvalue weighted by molar-refractivity contribution is 0.314. The van der Waals surface area contributed by atoms with Crippen LogP contribution in [0.4, 0.5) is 0 Å². The average molecular weight is 306 g/mol. The smallest absolute Gasteiger partial charge is 0.252 e. The van der Waals surface area contributed by atoms with E-state index in [1.165, 1.54) is 11.6 Å². The molecule has 1 aromatic heterocycles. The third kappa shape index (κ3) is 2.32. The number of fused-ring (bicyclic) bond motifs is 3. The molecular weight excluding hydrogens is 288 g/mol. The van der Waals surface area contributed by atoms with Gasteiger partial charge < -0.3 is 15.0 Å². The van der Waals surface area contributed by atoms with E-state index in [4.69, 9.17) is 0 Å². The normalized spacial score (nSPS) is 14.8. The Morgan fingerprint density at radius 3 is 2.70 bits per heavy atom. The van der Waals surface area contributed by atoms with Crippen LogP contribution in [0.5, 0.6) is 5.75 Å². The van der Waals surface area contributed by atoms with E-state index >= 15 is 0 Å². The van der Waals surface area contributed by atoms with Gasteiger partial charge in [0.05, 0.1) is 5.52 Å². The van der Waals surface area contributed by atoms with Crippen molar-refractivity contribution >= 4 is 10.9 Å². The number of likely N-dealkylation sites (N-methyl/N-ethyl adjacent to an activating group) is 1. The van der Waals surface area contributed by atoms with E-state index in [2.05, 4.69) is 29.1 Å². The van der Waals surface area contributed by atoms with Crippen molar-refractivity contribution in [2.45, 2.75) is 13.0 Å². The summed E-state index contributed by atoms with van der Waals surface area (Å²) in [5, 5.41) is 11.0. The van der Waals surface area contributed by atoms with E-state index in [1.54, 1.807) is 0 Å². The van der Waals surface area contributed by atoms with Crippen molar-refractivity contribution in [1.82, 2.24) is 9.88 Å². The third-order valence-electron chi connectivity index (χ3n) is 4.60. The zero-order chi connectivity index (χ0) is 16.0. The van der Waals surface area contributed by atoms with Gasteiger partial charge in [-0.1, -0.05) is 30.3 Å². The Morgan fingerprint density at radius 2 is 1.91 bits per heavy atom. The molecule has 3 aromatic rings. The Balaban J connectivity index is 2.11. The van der Waals surface area contributed by atoms with Crippen LogP contribution in [0.15, 0.2) is 47.3 Å². The van der Waals surface area contributed by atoms with Gasteiger partial charge in [-0.15, -0.1) is 0 Å². The van der Waals surface area contributed by atoms with Gasteiger partial charge in [0, 0.05) is 24.5 Å². The van der Waals surface area contributed by atoms with Gasteiger partial charge in [0.15, 0.2) is 0 Å². The Morgan fingerprint density at radius 1 is 1.13 bits per heavy atom. The summed E-state index contributed by atoms with van der Waals surface area (Å²) >= 11 is 0. The first kappa shape index (κ1) is 14.0. The van der Waals surface area contributed by atoms with Gasteiger partial charge >= 0.3 is 0 Å². The standard InChI is InChI=1S/C19H18N2O2/c1-21-8-7-13-14(12-5-3-2-4-6-12)9-15-17(22)10-18(23)20-19(15)16(13)11-21/h2-6,9-10H,7-8,11H2,1H3,(H2,20,22,23). The lowest BCUT2D eigenvalue weighted by Crippen LogP contribution is -2.27. The molecule has 1 aliphatic rings. The quantitative estimate of drug-likeness (QED) is 0.727. The largest absolute Gasteiger partial charge is 0.507 e. The maximum Gasteiger partial charge on any atom is 0.252 e. The number of hydrogen-bond acceptors (Lipinski definition) is 3. The van der Waals surface area contributed by atoms with Gasteiger partial charge in [-0.05, 0) is 41.8 Å². The van der Waals surface area contributed by atoms with Gasteiger partial charge in [0.2, 0.25) is 0 Å². The van der Waals surface area contributed by atoms with Gasteiger partial charge in [0.1, 0.15) is 5.75 Å². The molecule has 1 aliphatic heterocycles. The first-order valence-corrected chi connectivity index (χ1v) is 7.78. The van der Waals surface area contributed by atoms with Gasteiger partial charge in [-0.25, -0.2) is 0 Å². The van der Waals surface area contributed by atoms with Crippen LogP contribution >= 0.6 is 0 Å². The molecule has 23 heavy (non-hydrogen) atoms. The summed E-state index contributed by atoms with van der Waals surface area (Å²) in [7, 11) is 2.07. The zero-order valence-electron chi connectivity index (χ0n) is 13.0. The molecule has 0 bridgehead atoms. The number of H-pyrrole nitrogens is 1. The highest BCUT2D eigenvalue weighted by atomic mass is 16.3. The minimum atomic E-state index is -0.266. The Hall–Kier alpha value is -2.59. The molecular formula is C19H18N2O2. The first-order chi connectivity index (χ1) is 11.1. The van der Waals surface area contributed by atoms with E-state index in [1.807, 2.05) is 24.3 Å². The van der Waals surface area contributed by atoms with Crippen LogP contribution in [-0.2, 0) is 13.0 Å². The van der Waals surface area contributed by atoms with Crippen LogP contribution in [0, 0.1) is 0 Å². The number of rotatable bonds is 1. The Bertz CT molecular complexity index is 945. The van der Waals surface area contributed by atoms with Crippen LogP contribution in [0.2, 0.25) is 0 Å². The van der Waals surface area contributed by atoms with Crippen molar-refractivity contribution in [1.29, 1.82) is 0 Å². The number of hydrogen-bond donors (Lipinski definition) is 2. The minimum Gasteiger partial charge on any atom is -0.507 e. The predicted molar refractivity (Wildman–Crippen MR) is 91.7 cm³/mol. The van der Waals surface area contributed by atoms with Crippen molar-refractivity contribution in [3.63, 3.8) is 0 Å². The van der Waals surface area contributed by atoms with Crippen molar-refractivity contribution < 1.29 is 5.11 Å². The molecule has 2 N–H and O–H groups in total. The summed E-state index contributed by atoms with van der Waals surface area (Å²) in [6.07, 6.45) is 0.934. The van der Waals surface area contributed by atoms with Crippen molar-refractivity contribution in [3.8, 4) is 16.9 Å². The van der Waals surface area contributed by atoms with Crippen LogP contribution in [0.25, 0.3) is 22.0 Å². The summed E-state index contributed by atoms with van der Waals surface area (Å²) < 4.78 is 0. The molecule has 0 fully saturated rings. The third-order valence-corrected chi connectivity index (χ3v) is 4.60. The molecule has 4 heteroatoms. The molecule has 0 aliphatic carbocycles. The molecule has 2 heterocycles. The SMILES string of the molecule is CN1CCc2c(-c3ccccc3)cc3c(O)cc(=O)[nH]c3c2C1. The van der Waals surface area contributed by atoms with Crippen molar-refractivity contribution in [2.24, 2.45) is 0 Å². The molecule has 0 spiro atoms. The molecule has 4 rings (SSSR count). The van der Waals surface area contributed by atoms with Crippen LogP contribution in [0.1, 0.15) is 11.1 Å². The first-order valence-electron chi connectivity index (χ1n) is 7.78. The van der Waals surface area contributed by atoms with Crippen LogP contribution < -0.4 is 5.56 Å². The van der Waals surface area contributed by atoms with Gasteiger partial charge in [-0.2, -0.15) is 0 Å². The molecule has 0 atom stereocenters. The Kier molecular flexibility index (Phi) is 3.20. The minimum absolute atomic E-state index is 0.0388. The van der Waals surface area contributed by atoms with Crippen LogP contribution in [-0.4, -0.2) is 28.6 Å². The molecule has 0 saturated carbocycles. The van der Waals surface area contributed by atoms with E-state index in [0.29, 0.717) is 5.39 Å². The average Bonchev–Trinajstić information content (AvgIpc) is 2.55. The number of aromatic nitrogens is 1. The van der Waals surface area contributed by atoms with E-state index in [0.717, 1.165) is 41.7 Å². The number of pyridine rings is 1. The summed E-state index contributed by atoms with van der Waals surface area (Å²) in [5.41, 5.74) is 5.16. The molecule has 116 valence electrons. The van der Waals surface area contributed by atoms with Crippen molar-refractivity contribution in [3.05, 3.63) is 63.9 Å². The number of nitrogens with zero attached hydrogens (tertiary/aromatic N) is 1. The molecule has 2 aromatic carbocycles. The summed E-state index contributed by atoms with van der Waals surface area (Å²) in [4.78, 5) is 16.9. The molecule has 0 radical (unpaired) electrons. The summed E-state index contributed by atoms with van der Waals surface area (Å²) in [6.45, 7) is 1.76. The molecule has 0 saturated heterocycles. The predicted octanol–water partition coefficient (Wildman–Crippen LogP) is 2.89. The van der Waals surface area contributed by atoms with E-state index in [-0.39, 0.29) is 11.3 Å². The van der Waals surface area contributed by atoms with E-state index in [9.17, 15) is 9.90 Å². The lowest BCUT2D eigenvalue weighted by atomic mass is 9.88. The second kappa shape index (κ2) is 5.25. The highest BCUT2D eigenvalue weighted by molar-refractivity contribution is 5.93. The summed E-state index contributed by atoms with van der Waals surface area (Å²) in [5.74, 6) is 0.0388. The second-order valence-electron chi connectivity index (χ2n) is 6.18. The monoisotopic (exact) mass is 306 g/mol. The van der Waals surface area contributed by atoms with Crippen molar-refractivity contribution in [2.75, 3.05) is 13.6 Å². The maximum absolute atomic E-state index is 11.8. The fourth-order valence-corrected chi connectivity index (χ4v) is 3.47. The molecule has 0 amide bonds. The number of aromatic amines is 1. The van der Waals surface area contributed by atoms with E-state index < -0.39 is 0 Å². The Labute approximate surface area is 134 Å². The van der Waals surface area contributed by atoms with Gasteiger partial charge in [0.25, 0.3) is 5.56 Å². The van der Waals surface area contributed by atoms with Gasteiger partial charge in [-0.3, -0.25) is 4.79 Å². The fraction of sp³-hybridized carbons (Fsp3) is 0.211. The van der Waals surface area contributed by atoms with Crippen LogP contribution in [0.3, 0.4) is 0 Å². The zero-order valence-corrected chi connectivity index (χ0v) is 13.0. The lowest BCUT2D eigenvalue weighted by Gasteiger charge is -2.28. The molecule has 0 unspecified atom stereocenters.